The van der Waals surface area contributed by atoms with Gasteiger partial charge >= 0.3 is 0 Å². The normalized spacial score (nSPS) is 19.4. The van der Waals surface area contributed by atoms with Gasteiger partial charge in [-0.15, -0.1) is 6.58 Å². The maximum Gasteiger partial charge on any atom is 0.278 e. The molecule has 0 aliphatic carbocycles. The Morgan fingerprint density at radius 2 is 1.67 bits per heavy atom. The number of benzene rings is 1. The Kier molecular flexibility index (Phi) is 4.53. The van der Waals surface area contributed by atoms with E-state index < -0.39 is 0 Å². The van der Waals surface area contributed by atoms with Gasteiger partial charge in [-0.25, -0.2) is 0 Å². The number of carbonyl (C=O) groups is 2. The molecule has 0 atom stereocenters. The summed E-state index contributed by atoms with van der Waals surface area (Å²) in [6, 6.07) is 7.78. The predicted octanol–water partition coefficient (Wildman–Crippen LogP) is 1.51. The second-order valence-electron chi connectivity index (χ2n) is 6.39. The zero-order valence-electron chi connectivity index (χ0n) is 14.3. The zero-order chi connectivity index (χ0) is 17.3. The third-order valence-corrected chi connectivity index (χ3v) is 4.61. The van der Waals surface area contributed by atoms with Gasteiger partial charge in [0.05, 0.1) is 5.57 Å². The highest BCUT2D eigenvalue weighted by atomic mass is 16.2. The molecule has 24 heavy (non-hydrogen) atoms. The number of carbonyl (C=O) groups excluding carboxylic acids is 2. The van der Waals surface area contributed by atoms with E-state index >= 15 is 0 Å². The highest BCUT2D eigenvalue weighted by Crippen LogP contribution is 2.32. The molecule has 0 radical (unpaired) electrons. The van der Waals surface area contributed by atoms with Crippen LogP contribution in [0.1, 0.15) is 11.1 Å². The monoisotopic (exact) mass is 325 g/mol. The number of piperazine rings is 1. The van der Waals surface area contributed by atoms with E-state index in [0.29, 0.717) is 11.3 Å². The number of aryl methyl sites for hydroxylation is 1. The number of rotatable bonds is 4. The number of imide groups is 1. The number of hydrogen-bond acceptors (Lipinski definition) is 4. The average molecular weight is 325 g/mol. The summed E-state index contributed by atoms with van der Waals surface area (Å²) >= 11 is 0. The van der Waals surface area contributed by atoms with Crippen LogP contribution in [0, 0.1) is 6.92 Å². The van der Waals surface area contributed by atoms with Crippen LogP contribution in [0.4, 0.5) is 0 Å². The van der Waals surface area contributed by atoms with Crippen LogP contribution in [0.25, 0.3) is 5.57 Å². The van der Waals surface area contributed by atoms with Gasteiger partial charge in [-0.2, -0.15) is 0 Å². The lowest BCUT2D eigenvalue weighted by Gasteiger charge is -2.34. The van der Waals surface area contributed by atoms with Crippen molar-refractivity contribution in [1.82, 2.24) is 14.7 Å². The molecule has 1 fully saturated rings. The first-order valence-electron chi connectivity index (χ1n) is 8.25. The Morgan fingerprint density at radius 3 is 2.25 bits per heavy atom. The van der Waals surface area contributed by atoms with Crippen LogP contribution in [0.3, 0.4) is 0 Å². The molecule has 0 bridgehead atoms. The molecular weight excluding hydrogens is 302 g/mol. The topological polar surface area (TPSA) is 43.9 Å². The van der Waals surface area contributed by atoms with Crippen LogP contribution in [-0.2, 0) is 9.59 Å². The number of likely N-dealkylation sites (N-methyl/N-ethyl adjacent to an activating group) is 1. The molecule has 2 aliphatic heterocycles. The molecule has 2 aliphatic rings. The van der Waals surface area contributed by atoms with Crippen LogP contribution in [0.15, 0.2) is 42.6 Å². The molecule has 0 saturated carbocycles. The predicted molar refractivity (Wildman–Crippen MR) is 94.1 cm³/mol. The molecular formula is C19H23N3O2. The van der Waals surface area contributed by atoms with Crippen molar-refractivity contribution in [2.24, 2.45) is 0 Å². The Balaban J connectivity index is 2.05. The third-order valence-electron chi connectivity index (χ3n) is 4.61. The van der Waals surface area contributed by atoms with Gasteiger partial charge in [0.1, 0.15) is 5.70 Å². The second kappa shape index (κ2) is 6.61. The van der Waals surface area contributed by atoms with E-state index in [9.17, 15) is 9.59 Å². The molecule has 3 rings (SSSR count). The van der Waals surface area contributed by atoms with Gasteiger partial charge in [0.15, 0.2) is 0 Å². The first kappa shape index (κ1) is 16.5. The van der Waals surface area contributed by atoms with Crippen LogP contribution in [-0.4, -0.2) is 66.3 Å². The van der Waals surface area contributed by atoms with E-state index in [2.05, 4.69) is 23.4 Å². The first-order chi connectivity index (χ1) is 11.5. The maximum atomic E-state index is 12.9. The number of hydrogen-bond donors (Lipinski definition) is 0. The third kappa shape index (κ3) is 2.87. The van der Waals surface area contributed by atoms with E-state index in [-0.39, 0.29) is 18.4 Å². The molecule has 5 heteroatoms. The summed E-state index contributed by atoms with van der Waals surface area (Å²) in [5.74, 6) is -0.433. The van der Waals surface area contributed by atoms with Crippen LogP contribution in [0.2, 0.25) is 0 Å². The summed E-state index contributed by atoms with van der Waals surface area (Å²) in [6.45, 7) is 9.18. The van der Waals surface area contributed by atoms with Gasteiger partial charge in [-0.3, -0.25) is 14.5 Å². The lowest BCUT2D eigenvalue weighted by atomic mass is 10.0. The molecule has 126 valence electrons. The zero-order valence-corrected chi connectivity index (χ0v) is 14.3. The number of nitrogens with zero attached hydrogens (tertiary/aromatic N) is 3. The fraction of sp³-hybridized carbons (Fsp3) is 0.368. The van der Waals surface area contributed by atoms with E-state index in [1.165, 1.54) is 4.90 Å². The van der Waals surface area contributed by atoms with Gasteiger partial charge in [-0.05, 0) is 19.5 Å². The molecule has 0 spiro atoms. The average Bonchev–Trinajstić information content (AvgIpc) is 2.82. The van der Waals surface area contributed by atoms with Crippen molar-refractivity contribution >= 4 is 17.4 Å². The SMILES string of the molecule is C=CCN1C(=O)C(c2ccc(C)cc2)=C(N2CCN(C)CC2)C1=O. The summed E-state index contributed by atoms with van der Waals surface area (Å²) < 4.78 is 0. The second-order valence-corrected chi connectivity index (χ2v) is 6.39. The van der Waals surface area contributed by atoms with Gasteiger partial charge in [0.2, 0.25) is 0 Å². The van der Waals surface area contributed by atoms with Gasteiger partial charge < -0.3 is 9.80 Å². The van der Waals surface area contributed by atoms with Crippen molar-refractivity contribution in [2.45, 2.75) is 6.92 Å². The molecule has 0 aromatic heterocycles. The smallest absolute Gasteiger partial charge is 0.278 e. The standard InChI is InChI=1S/C19H23N3O2/c1-4-9-22-18(23)16(15-7-5-14(2)6-8-15)17(19(22)24)21-12-10-20(3)11-13-21/h4-8H,1,9-13H2,2-3H3. The van der Waals surface area contributed by atoms with E-state index in [0.717, 1.165) is 37.3 Å². The van der Waals surface area contributed by atoms with Gasteiger partial charge in [0.25, 0.3) is 11.8 Å². The minimum absolute atomic E-state index is 0.208. The fourth-order valence-corrected chi connectivity index (χ4v) is 3.16. The van der Waals surface area contributed by atoms with Crippen molar-refractivity contribution in [3.8, 4) is 0 Å². The summed E-state index contributed by atoms with van der Waals surface area (Å²) in [7, 11) is 2.07. The molecule has 1 saturated heterocycles. The van der Waals surface area contributed by atoms with Crippen LogP contribution in [0.5, 0.6) is 0 Å². The van der Waals surface area contributed by atoms with E-state index in [4.69, 9.17) is 0 Å². The molecule has 5 nitrogen and oxygen atoms in total. The Labute approximate surface area is 142 Å². The quantitative estimate of drug-likeness (QED) is 0.622. The van der Waals surface area contributed by atoms with Crippen LogP contribution >= 0.6 is 0 Å². The minimum Gasteiger partial charge on any atom is -0.364 e. The van der Waals surface area contributed by atoms with Crippen molar-refractivity contribution in [2.75, 3.05) is 39.8 Å². The Morgan fingerprint density at radius 1 is 1.04 bits per heavy atom. The molecule has 2 amide bonds. The van der Waals surface area contributed by atoms with Crippen molar-refractivity contribution in [1.29, 1.82) is 0 Å². The first-order valence-corrected chi connectivity index (χ1v) is 8.25. The Hall–Kier alpha value is -2.40. The maximum absolute atomic E-state index is 12.9. The van der Waals surface area contributed by atoms with Crippen molar-refractivity contribution in [3.63, 3.8) is 0 Å². The van der Waals surface area contributed by atoms with E-state index in [1.807, 2.05) is 31.2 Å². The van der Waals surface area contributed by atoms with Crippen molar-refractivity contribution in [3.05, 3.63) is 53.7 Å². The fourth-order valence-electron chi connectivity index (χ4n) is 3.16. The molecule has 1 aromatic rings. The lowest BCUT2D eigenvalue weighted by molar-refractivity contribution is -0.137. The molecule has 2 heterocycles. The minimum atomic E-state index is -0.224. The van der Waals surface area contributed by atoms with Crippen LogP contribution < -0.4 is 0 Å². The van der Waals surface area contributed by atoms with E-state index in [1.54, 1.807) is 6.08 Å². The largest absolute Gasteiger partial charge is 0.364 e. The summed E-state index contributed by atoms with van der Waals surface area (Å²) in [4.78, 5) is 31.3. The van der Waals surface area contributed by atoms with Crippen molar-refractivity contribution < 1.29 is 9.59 Å². The summed E-state index contributed by atoms with van der Waals surface area (Å²) in [5.41, 5.74) is 2.99. The molecule has 0 N–H and O–H groups in total. The van der Waals surface area contributed by atoms with Gasteiger partial charge in [0, 0.05) is 32.7 Å². The Bertz CT molecular complexity index is 698. The molecule has 0 unspecified atom stereocenters. The molecule has 1 aromatic carbocycles. The highest BCUT2D eigenvalue weighted by Gasteiger charge is 2.41. The lowest BCUT2D eigenvalue weighted by Crippen LogP contribution is -2.46. The summed E-state index contributed by atoms with van der Waals surface area (Å²) in [5, 5.41) is 0. The summed E-state index contributed by atoms with van der Waals surface area (Å²) in [6.07, 6.45) is 1.59. The number of amides is 2. The highest BCUT2D eigenvalue weighted by molar-refractivity contribution is 6.35. The van der Waals surface area contributed by atoms with Gasteiger partial charge in [-0.1, -0.05) is 35.9 Å².